The van der Waals surface area contributed by atoms with Crippen molar-refractivity contribution in [2.75, 3.05) is 13.1 Å². The first-order chi connectivity index (χ1) is 15.5. The summed E-state index contributed by atoms with van der Waals surface area (Å²) in [5.74, 6) is -1.44. The van der Waals surface area contributed by atoms with Crippen molar-refractivity contribution >= 4 is 34.5 Å². The highest BCUT2D eigenvalue weighted by molar-refractivity contribution is 6.21. The molecule has 32 heavy (non-hydrogen) atoms. The molecule has 1 aliphatic rings. The average Bonchev–Trinajstić information content (AvgIpc) is 3.28. The summed E-state index contributed by atoms with van der Waals surface area (Å²) in [5.41, 5.74) is 7.45. The maximum Gasteiger partial charge on any atom is 0.268 e. The molecule has 3 N–H and O–H groups in total. The van der Waals surface area contributed by atoms with Crippen LogP contribution in [0, 0.1) is 0 Å². The molecule has 0 saturated carbocycles. The Morgan fingerprint density at radius 1 is 0.844 bits per heavy atom. The van der Waals surface area contributed by atoms with E-state index in [4.69, 9.17) is 5.73 Å². The number of nitrogens with two attached hydrogens (primary N) is 1. The summed E-state index contributed by atoms with van der Waals surface area (Å²) in [7, 11) is 0. The van der Waals surface area contributed by atoms with Crippen LogP contribution in [0.2, 0.25) is 0 Å². The predicted octanol–water partition coefficient (Wildman–Crippen LogP) is 2.32. The quantitative estimate of drug-likeness (QED) is 0.399. The monoisotopic (exact) mass is 432 g/mol. The van der Waals surface area contributed by atoms with Gasteiger partial charge in [0.15, 0.2) is 0 Å². The fraction of sp³-hybridized carbons (Fsp3) is 0.250. The van der Waals surface area contributed by atoms with E-state index in [1.807, 2.05) is 28.8 Å². The normalized spacial score (nSPS) is 12.9. The first-order valence-electron chi connectivity index (χ1n) is 10.6. The van der Waals surface area contributed by atoms with Crippen LogP contribution in [0.1, 0.15) is 50.5 Å². The van der Waals surface area contributed by atoms with Gasteiger partial charge in [-0.25, -0.2) is 0 Å². The number of nitrogens with one attached hydrogen (secondary N) is 1. The standard InChI is InChI=1S/C24H24N4O4/c25-21(29)15-26-22(30)20-14-16-8-2-5-11-19(16)27(20)12-6-1-7-13-28-23(31)17-9-3-4-10-18(17)24(28)32/h2-5,8-11,14H,1,6-7,12-13,15H2,(H2,25,29)(H,26,30). The van der Waals surface area contributed by atoms with Gasteiger partial charge in [-0.3, -0.25) is 24.1 Å². The van der Waals surface area contributed by atoms with Crippen molar-refractivity contribution in [1.82, 2.24) is 14.8 Å². The Balaban J connectivity index is 1.37. The number of unbranched alkanes of at least 4 members (excludes halogenated alkanes) is 2. The summed E-state index contributed by atoms with van der Waals surface area (Å²) in [4.78, 5) is 49.8. The topological polar surface area (TPSA) is 114 Å². The summed E-state index contributed by atoms with van der Waals surface area (Å²) in [6, 6.07) is 16.3. The van der Waals surface area contributed by atoms with E-state index < -0.39 is 5.91 Å². The molecule has 0 spiro atoms. The zero-order chi connectivity index (χ0) is 22.7. The number of hydrogen-bond acceptors (Lipinski definition) is 4. The van der Waals surface area contributed by atoms with Crippen molar-refractivity contribution < 1.29 is 19.2 Å². The molecule has 164 valence electrons. The first kappa shape index (κ1) is 21.3. The van der Waals surface area contributed by atoms with Crippen LogP contribution in [0.5, 0.6) is 0 Å². The number of hydrogen-bond donors (Lipinski definition) is 2. The number of para-hydroxylation sites is 1. The van der Waals surface area contributed by atoms with Crippen molar-refractivity contribution in [1.29, 1.82) is 0 Å². The highest BCUT2D eigenvalue weighted by Gasteiger charge is 2.34. The van der Waals surface area contributed by atoms with E-state index in [2.05, 4.69) is 5.32 Å². The summed E-state index contributed by atoms with van der Waals surface area (Å²) < 4.78 is 1.92. The molecule has 0 fully saturated rings. The average molecular weight is 432 g/mol. The number of rotatable bonds is 9. The second kappa shape index (κ2) is 9.05. The highest BCUT2D eigenvalue weighted by Crippen LogP contribution is 2.24. The molecule has 0 bridgehead atoms. The van der Waals surface area contributed by atoms with Gasteiger partial charge in [-0.05, 0) is 43.5 Å². The molecule has 2 heterocycles. The second-order valence-electron chi connectivity index (χ2n) is 7.76. The van der Waals surface area contributed by atoms with Crippen molar-refractivity contribution in [2.24, 2.45) is 5.73 Å². The number of imide groups is 1. The van der Waals surface area contributed by atoms with Crippen LogP contribution in [0.4, 0.5) is 0 Å². The van der Waals surface area contributed by atoms with Crippen LogP contribution in [0.25, 0.3) is 10.9 Å². The van der Waals surface area contributed by atoms with E-state index in [1.54, 1.807) is 30.3 Å². The van der Waals surface area contributed by atoms with E-state index in [0.717, 1.165) is 23.7 Å². The molecule has 4 amide bonds. The maximum absolute atomic E-state index is 12.6. The van der Waals surface area contributed by atoms with Crippen LogP contribution in [-0.2, 0) is 11.3 Å². The molecule has 8 heteroatoms. The third kappa shape index (κ3) is 4.12. The van der Waals surface area contributed by atoms with Crippen LogP contribution in [-0.4, -0.2) is 46.2 Å². The molecule has 1 aromatic heterocycles. The number of amides is 4. The minimum absolute atomic E-state index is 0.222. The van der Waals surface area contributed by atoms with E-state index in [0.29, 0.717) is 36.3 Å². The number of nitrogens with zero attached hydrogens (tertiary/aromatic N) is 2. The van der Waals surface area contributed by atoms with E-state index in [1.165, 1.54) is 4.90 Å². The van der Waals surface area contributed by atoms with Crippen molar-refractivity contribution in [3.63, 3.8) is 0 Å². The smallest absolute Gasteiger partial charge is 0.268 e. The maximum atomic E-state index is 12.6. The van der Waals surface area contributed by atoms with Crippen molar-refractivity contribution in [2.45, 2.75) is 25.8 Å². The van der Waals surface area contributed by atoms with Gasteiger partial charge in [0.05, 0.1) is 17.7 Å². The van der Waals surface area contributed by atoms with E-state index >= 15 is 0 Å². The SMILES string of the molecule is NC(=O)CNC(=O)c1cc2ccccc2n1CCCCCN1C(=O)c2ccccc2C1=O. The molecule has 0 aliphatic carbocycles. The molecule has 2 aromatic carbocycles. The Kier molecular flexibility index (Phi) is 6.02. The Labute approximate surface area is 185 Å². The minimum Gasteiger partial charge on any atom is -0.368 e. The van der Waals surface area contributed by atoms with Crippen molar-refractivity contribution in [3.05, 3.63) is 71.4 Å². The van der Waals surface area contributed by atoms with Gasteiger partial charge in [0.2, 0.25) is 5.91 Å². The number of benzene rings is 2. The summed E-state index contributed by atoms with van der Waals surface area (Å²) in [6.45, 7) is 0.736. The zero-order valence-electron chi connectivity index (χ0n) is 17.5. The lowest BCUT2D eigenvalue weighted by Gasteiger charge is -2.14. The largest absolute Gasteiger partial charge is 0.368 e. The molecule has 0 saturated heterocycles. The lowest BCUT2D eigenvalue weighted by molar-refractivity contribution is -0.117. The van der Waals surface area contributed by atoms with E-state index in [9.17, 15) is 19.2 Å². The fourth-order valence-electron chi connectivity index (χ4n) is 4.06. The molecule has 1 aliphatic heterocycles. The zero-order valence-corrected chi connectivity index (χ0v) is 17.5. The Hall–Kier alpha value is -3.94. The van der Waals surface area contributed by atoms with Crippen molar-refractivity contribution in [3.8, 4) is 0 Å². The Morgan fingerprint density at radius 2 is 1.47 bits per heavy atom. The molecular formula is C24H24N4O4. The lowest BCUT2D eigenvalue weighted by Crippen LogP contribution is -2.34. The molecule has 8 nitrogen and oxygen atoms in total. The molecule has 0 unspecified atom stereocenters. The first-order valence-corrected chi connectivity index (χ1v) is 10.6. The Bertz CT molecular complexity index is 1180. The minimum atomic E-state index is -0.603. The molecule has 0 radical (unpaired) electrons. The third-order valence-corrected chi connectivity index (χ3v) is 5.61. The van der Waals surface area contributed by atoms with Gasteiger partial charge >= 0.3 is 0 Å². The van der Waals surface area contributed by atoms with Gasteiger partial charge in [-0.2, -0.15) is 0 Å². The van der Waals surface area contributed by atoms with Gasteiger partial charge in [-0.1, -0.05) is 30.3 Å². The van der Waals surface area contributed by atoms with Crippen LogP contribution < -0.4 is 11.1 Å². The molecule has 3 aromatic rings. The fourth-order valence-corrected chi connectivity index (χ4v) is 4.06. The molecule has 4 rings (SSSR count). The second-order valence-corrected chi connectivity index (χ2v) is 7.76. The third-order valence-electron chi connectivity index (χ3n) is 5.61. The number of fused-ring (bicyclic) bond motifs is 2. The number of aromatic nitrogens is 1. The predicted molar refractivity (Wildman–Crippen MR) is 119 cm³/mol. The van der Waals surface area contributed by atoms with Gasteiger partial charge in [-0.15, -0.1) is 0 Å². The summed E-state index contributed by atoms with van der Waals surface area (Å²) >= 11 is 0. The number of carbonyl (C=O) groups excluding carboxylic acids is 4. The number of carbonyl (C=O) groups is 4. The lowest BCUT2D eigenvalue weighted by atomic mass is 10.1. The van der Waals surface area contributed by atoms with Gasteiger partial charge in [0.1, 0.15) is 5.69 Å². The van der Waals surface area contributed by atoms with Crippen LogP contribution >= 0.6 is 0 Å². The molecular weight excluding hydrogens is 408 g/mol. The number of aryl methyl sites for hydroxylation is 1. The van der Waals surface area contributed by atoms with E-state index in [-0.39, 0.29) is 24.3 Å². The Morgan fingerprint density at radius 3 is 2.16 bits per heavy atom. The summed E-state index contributed by atoms with van der Waals surface area (Å²) in [5, 5.41) is 3.47. The van der Waals surface area contributed by atoms with Gasteiger partial charge < -0.3 is 15.6 Å². The van der Waals surface area contributed by atoms with Crippen LogP contribution in [0.3, 0.4) is 0 Å². The van der Waals surface area contributed by atoms with Gasteiger partial charge in [0.25, 0.3) is 17.7 Å². The van der Waals surface area contributed by atoms with Crippen LogP contribution in [0.15, 0.2) is 54.6 Å². The molecule has 0 atom stereocenters. The highest BCUT2D eigenvalue weighted by atomic mass is 16.2. The number of primary amides is 1. The van der Waals surface area contributed by atoms with Gasteiger partial charge in [0, 0.05) is 24.0 Å². The summed E-state index contributed by atoms with van der Waals surface area (Å²) in [6.07, 6.45) is 2.22.